The number of phenolic OH excluding ortho intramolecular Hbond substituents is 1. The third-order valence-corrected chi connectivity index (χ3v) is 11.2. The van der Waals surface area contributed by atoms with Crippen molar-refractivity contribution < 1.29 is 9.52 Å². The fraction of sp³-hybridized carbons (Fsp3) is 0.156. The average Bonchev–Trinajstić information content (AvgIpc) is 3.86. The van der Waals surface area contributed by atoms with Crippen LogP contribution >= 0.6 is 0 Å². The SMILES string of the molecule is CC(C)c1cccc(C(C)C)c1-n1c(-c2cccc([N@+]34[CH-][N@+](c5c(O)ccc6c5oc5ccccc56)(C3)c3ccccc34)c2)nc2ccccc21. The lowest BCUT2D eigenvalue weighted by Crippen LogP contribution is -2.67. The molecular weight excluding hydrogens is 629 g/mol. The van der Waals surface area contributed by atoms with Crippen LogP contribution < -0.4 is 8.97 Å². The summed E-state index contributed by atoms with van der Waals surface area (Å²) in [7, 11) is 0. The monoisotopic (exact) mass is 667 g/mol. The van der Waals surface area contributed by atoms with E-state index in [0.717, 1.165) is 61.4 Å². The van der Waals surface area contributed by atoms with E-state index in [2.05, 4.69) is 136 Å². The van der Waals surface area contributed by atoms with Crippen molar-refractivity contribution >= 4 is 55.7 Å². The van der Waals surface area contributed by atoms with Gasteiger partial charge in [0.25, 0.3) is 0 Å². The second-order valence-corrected chi connectivity index (χ2v) is 14.8. The first-order chi connectivity index (χ1) is 24.8. The lowest BCUT2D eigenvalue weighted by Gasteiger charge is -2.56. The van der Waals surface area contributed by atoms with Crippen LogP contribution in [0.2, 0.25) is 0 Å². The molecule has 5 heterocycles. The fourth-order valence-electron chi connectivity index (χ4n) is 8.88. The molecule has 8 aromatic rings. The lowest BCUT2D eigenvalue weighted by molar-refractivity contribution is 0.184. The van der Waals surface area contributed by atoms with Crippen LogP contribution in [-0.4, -0.2) is 21.3 Å². The van der Waals surface area contributed by atoms with Gasteiger partial charge < -0.3 is 9.52 Å². The number of benzene rings is 6. The molecule has 0 aliphatic carbocycles. The number of quaternary nitrogens is 2. The van der Waals surface area contributed by atoms with Gasteiger partial charge in [-0.15, -0.1) is 0 Å². The topological polar surface area (TPSA) is 51.2 Å². The van der Waals surface area contributed by atoms with E-state index in [1.54, 1.807) is 0 Å². The molecule has 2 bridgehead atoms. The Morgan fingerprint density at radius 2 is 1.37 bits per heavy atom. The van der Waals surface area contributed by atoms with Gasteiger partial charge in [-0.25, -0.2) is 4.98 Å². The summed E-state index contributed by atoms with van der Waals surface area (Å²) in [6, 6.07) is 44.7. The summed E-state index contributed by atoms with van der Waals surface area (Å²) >= 11 is 0. The zero-order chi connectivity index (χ0) is 34.6. The van der Waals surface area contributed by atoms with Gasteiger partial charge in [0.2, 0.25) is 5.69 Å². The maximum atomic E-state index is 11.6. The van der Waals surface area contributed by atoms with Crippen LogP contribution in [0.3, 0.4) is 0 Å². The molecule has 1 N–H and O–H groups in total. The molecule has 11 rings (SSSR count). The summed E-state index contributed by atoms with van der Waals surface area (Å²) in [6.45, 7) is 12.1. The zero-order valence-corrected chi connectivity index (χ0v) is 29.2. The van der Waals surface area contributed by atoms with Crippen molar-refractivity contribution in [2.45, 2.75) is 39.5 Å². The second kappa shape index (κ2) is 10.7. The van der Waals surface area contributed by atoms with E-state index in [1.807, 2.05) is 30.3 Å². The highest BCUT2D eigenvalue weighted by molar-refractivity contribution is 6.11. The summed E-state index contributed by atoms with van der Waals surface area (Å²) in [5.74, 6) is 1.85. The third kappa shape index (κ3) is 4.03. The van der Waals surface area contributed by atoms with Gasteiger partial charge in [0, 0.05) is 34.5 Å². The number of nitrogens with zero attached hydrogens (tertiary/aromatic N) is 4. The highest BCUT2D eigenvalue weighted by atomic mass is 16.3. The van der Waals surface area contributed by atoms with Gasteiger partial charge in [-0.05, 0) is 59.4 Å². The summed E-state index contributed by atoms with van der Waals surface area (Å²) < 4.78 is 9.88. The van der Waals surface area contributed by atoms with Crippen molar-refractivity contribution in [3.63, 3.8) is 0 Å². The van der Waals surface area contributed by atoms with Crippen molar-refractivity contribution in [1.29, 1.82) is 0 Å². The van der Waals surface area contributed by atoms with Crippen molar-refractivity contribution in [3.05, 3.63) is 145 Å². The highest BCUT2D eigenvalue weighted by Crippen LogP contribution is 2.67. The lowest BCUT2D eigenvalue weighted by atomic mass is 9.92. The number of aromatic nitrogens is 2. The van der Waals surface area contributed by atoms with Crippen molar-refractivity contribution in [3.8, 4) is 22.8 Å². The Morgan fingerprint density at radius 1 is 0.706 bits per heavy atom. The van der Waals surface area contributed by atoms with Crippen LogP contribution in [0.25, 0.3) is 50.0 Å². The second-order valence-electron chi connectivity index (χ2n) is 14.8. The molecule has 0 radical (unpaired) electrons. The van der Waals surface area contributed by atoms with E-state index in [0.29, 0.717) is 27.5 Å². The van der Waals surface area contributed by atoms with E-state index in [9.17, 15) is 5.11 Å². The molecule has 3 aliphatic rings. The molecule has 2 aromatic heterocycles. The molecule has 6 heteroatoms. The van der Waals surface area contributed by atoms with Gasteiger partial charge in [-0.1, -0.05) is 100 Å². The predicted molar refractivity (Wildman–Crippen MR) is 209 cm³/mol. The largest absolute Gasteiger partial charge is 0.503 e. The average molecular weight is 668 g/mol. The number of phenols is 1. The Balaban J connectivity index is 1.16. The molecule has 1 fully saturated rings. The number of hydrogen-bond acceptors (Lipinski definition) is 3. The van der Waals surface area contributed by atoms with Gasteiger partial charge >= 0.3 is 0 Å². The predicted octanol–water partition coefficient (Wildman–Crippen LogP) is 11.9. The first kappa shape index (κ1) is 30.2. The first-order valence-corrected chi connectivity index (χ1v) is 17.9. The number of furan rings is 1. The summed E-state index contributed by atoms with van der Waals surface area (Å²) in [6.07, 6.45) is 0. The maximum Gasteiger partial charge on any atom is 0.206 e. The quantitative estimate of drug-likeness (QED) is 0.142. The van der Waals surface area contributed by atoms with Crippen LogP contribution in [0.15, 0.2) is 132 Å². The van der Waals surface area contributed by atoms with Gasteiger partial charge in [-0.2, -0.15) is 0 Å². The smallest absolute Gasteiger partial charge is 0.206 e. The Labute approximate surface area is 297 Å². The van der Waals surface area contributed by atoms with Gasteiger partial charge in [-0.3, -0.25) is 13.5 Å². The van der Waals surface area contributed by atoms with E-state index < -0.39 is 0 Å². The third-order valence-electron chi connectivity index (χ3n) is 11.2. The first-order valence-electron chi connectivity index (χ1n) is 17.9. The molecule has 0 saturated carbocycles. The minimum absolute atomic E-state index is 0.236. The van der Waals surface area contributed by atoms with Crippen LogP contribution in [-0.2, 0) is 0 Å². The zero-order valence-electron chi connectivity index (χ0n) is 29.2. The number of hydrogen-bond donors (Lipinski definition) is 1. The summed E-state index contributed by atoms with van der Waals surface area (Å²) in [5.41, 5.74) is 12.8. The Morgan fingerprint density at radius 3 is 2.14 bits per heavy atom. The van der Waals surface area contributed by atoms with Gasteiger partial charge in [0.15, 0.2) is 29.4 Å². The number of para-hydroxylation sites is 6. The van der Waals surface area contributed by atoms with Crippen LogP contribution in [0, 0.1) is 6.67 Å². The molecule has 250 valence electrons. The fourth-order valence-corrected chi connectivity index (χ4v) is 8.88. The van der Waals surface area contributed by atoms with Crippen molar-refractivity contribution in [2.75, 3.05) is 6.67 Å². The summed E-state index contributed by atoms with van der Waals surface area (Å²) in [4.78, 5) is 5.33. The number of fused-ring (bicyclic) bond motifs is 4. The van der Waals surface area contributed by atoms with Crippen LogP contribution in [0.1, 0.15) is 50.7 Å². The van der Waals surface area contributed by atoms with Crippen molar-refractivity contribution in [1.82, 2.24) is 18.5 Å². The molecule has 3 aliphatic heterocycles. The molecule has 0 unspecified atom stereocenters. The molecule has 51 heavy (non-hydrogen) atoms. The molecule has 6 nitrogen and oxygen atoms in total. The molecular formula is C45H39N4O2+. The minimum atomic E-state index is 0.236. The molecule has 6 aromatic carbocycles. The Hall–Kier alpha value is -5.69. The Kier molecular flexibility index (Phi) is 6.30. The highest BCUT2D eigenvalue weighted by Gasteiger charge is 2.64. The van der Waals surface area contributed by atoms with E-state index >= 15 is 0 Å². The standard InChI is InChI=1S/C45H38N4O2/c1-28(2)32-16-12-17-33(29(3)4)42(32)47-37-19-7-6-18-36(37)46-45(47)30-13-11-14-31(25-30)48-26-49(27-48,39-21-9-8-20-38(39)48)43-40(50)24-23-35-34-15-5-10-22-41(34)51-44(35)43/h5-26,28-29H,27H2,1-4H3/p+1/t48-,49-/m0/s1. The molecule has 2 atom stereocenters. The number of aromatic hydroxyl groups is 1. The molecule has 0 amide bonds. The normalized spacial score (nSPS) is 19.4. The van der Waals surface area contributed by atoms with Crippen LogP contribution in [0.4, 0.5) is 22.7 Å². The maximum absolute atomic E-state index is 11.6. The van der Waals surface area contributed by atoms with E-state index in [1.165, 1.54) is 22.5 Å². The number of imidazole rings is 1. The number of rotatable bonds is 6. The minimum Gasteiger partial charge on any atom is -0.503 e. The van der Waals surface area contributed by atoms with Crippen LogP contribution in [0.5, 0.6) is 5.75 Å². The van der Waals surface area contributed by atoms with E-state index in [4.69, 9.17) is 9.40 Å². The summed E-state index contributed by atoms with van der Waals surface area (Å²) in [5, 5.41) is 13.6. The van der Waals surface area contributed by atoms with Gasteiger partial charge in [0.1, 0.15) is 17.1 Å². The molecule has 1 saturated heterocycles. The molecule has 0 spiro atoms. The Bertz CT molecular complexity index is 2670. The van der Waals surface area contributed by atoms with E-state index in [-0.39, 0.29) is 5.75 Å². The van der Waals surface area contributed by atoms with Gasteiger partial charge in [0.05, 0.1) is 23.4 Å². The van der Waals surface area contributed by atoms with Crippen molar-refractivity contribution in [2.24, 2.45) is 0 Å².